The number of urea groups is 1. The maximum Gasteiger partial charge on any atom is 0.338 e. The fraction of sp³-hybridized carbons (Fsp3) is 0.273. The number of hydrogen-bond donors (Lipinski definition) is 3. The number of rotatable bonds is 4. The van der Waals surface area contributed by atoms with Crippen LogP contribution in [0.1, 0.15) is 22.7 Å². The third-order valence-corrected chi connectivity index (χ3v) is 5.50. The van der Waals surface area contributed by atoms with Crippen molar-refractivity contribution in [3.8, 4) is 0 Å². The molecule has 2 heterocycles. The molecule has 2 atom stereocenters. The quantitative estimate of drug-likeness (QED) is 0.682. The predicted octanol–water partition coefficient (Wildman–Crippen LogP) is 1.25. The number of esters is 1. The lowest BCUT2D eigenvalue weighted by molar-refractivity contribution is -0.911. The topological polar surface area (TPSA) is 71.9 Å². The summed E-state index contributed by atoms with van der Waals surface area (Å²) in [4.78, 5) is 26.2. The molecule has 6 nitrogen and oxygen atoms in total. The summed E-state index contributed by atoms with van der Waals surface area (Å²) in [5, 5.41) is 5.56. The summed E-state index contributed by atoms with van der Waals surface area (Å²) in [6, 6.07) is 13.0. The SMILES string of the molecule is COC(=O)C1=C(C[NH+]2CCc3ccccc3C2)NC(=O)N[C@@H]1c1ccc(F)cc1. The lowest BCUT2D eigenvalue weighted by Crippen LogP contribution is -3.12. The highest BCUT2D eigenvalue weighted by Gasteiger charge is 2.35. The number of ether oxygens (including phenoxy) is 1. The van der Waals surface area contributed by atoms with E-state index in [-0.39, 0.29) is 5.82 Å². The summed E-state index contributed by atoms with van der Waals surface area (Å²) in [7, 11) is 1.31. The van der Waals surface area contributed by atoms with E-state index in [1.807, 2.05) is 12.1 Å². The Morgan fingerprint density at radius 2 is 1.90 bits per heavy atom. The fourth-order valence-electron chi connectivity index (χ4n) is 4.06. The number of carbonyl (C=O) groups excluding carboxylic acids is 2. The number of benzene rings is 2. The van der Waals surface area contributed by atoms with E-state index in [4.69, 9.17) is 4.74 Å². The minimum Gasteiger partial charge on any atom is -0.466 e. The van der Waals surface area contributed by atoms with E-state index in [0.29, 0.717) is 23.4 Å². The van der Waals surface area contributed by atoms with Gasteiger partial charge in [0.15, 0.2) is 0 Å². The second kappa shape index (κ2) is 8.05. The molecule has 0 aliphatic carbocycles. The smallest absolute Gasteiger partial charge is 0.338 e. The molecule has 2 aliphatic rings. The zero-order valence-electron chi connectivity index (χ0n) is 16.1. The molecule has 0 fully saturated rings. The first-order valence-electron chi connectivity index (χ1n) is 9.60. The average molecular weight is 396 g/mol. The maximum absolute atomic E-state index is 13.4. The first kappa shape index (κ1) is 19.1. The van der Waals surface area contributed by atoms with Gasteiger partial charge in [0.25, 0.3) is 0 Å². The van der Waals surface area contributed by atoms with Crippen LogP contribution < -0.4 is 15.5 Å². The van der Waals surface area contributed by atoms with Crippen LogP contribution in [0.2, 0.25) is 0 Å². The molecule has 0 saturated carbocycles. The molecule has 150 valence electrons. The van der Waals surface area contributed by atoms with Gasteiger partial charge in [-0.15, -0.1) is 0 Å². The summed E-state index contributed by atoms with van der Waals surface area (Å²) in [6.45, 7) is 2.21. The van der Waals surface area contributed by atoms with Crippen LogP contribution in [-0.2, 0) is 22.5 Å². The van der Waals surface area contributed by atoms with Gasteiger partial charge in [0, 0.05) is 12.0 Å². The molecule has 0 aromatic heterocycles. The van der Waals surface area contributed by atoms with Gasteiger partial charge < -0.3 is 20.3 Å². The first-order chi connectivity index (χ1) is 14.0. The summed E-state index contributed by atoms with van der Waals surface area (Å²) in [5.74, 6) is -0.895. The van der Waals surface area contributed by atoms with Gasteiger partial charge in [-0.2, -0.15) is 0 Å². The molecule has 0 saturated heterocycles. The number of nitrogens with one attached hydrogen (secondary N) is 3. The molecule has 1 unspecified atom stereocenters. The van der Waals surface area contributed by atoms with Gasteiger partial charge in [-0.3, -0.25) is 0 Å². The molecule has 3 N–H and O–H groups in total. The number of amides is 2. The van der Waals surface area contributed by atoms with E-state index in [9.17, 15) is 14.0 Å². The number of hydrogen-bond acceptors (Lipinski definition) is 3. The molecule has 0 bridgehead atoms. The lowest BCUT2D eigenvalue weighted by atomic mass is 9.94. The second-order valence-electron chi connectivity index (χ2n) is 7.34. The summed E-state index contributed by atoms with van der Waals surface area (Å²) >= 11 is 0. The minimum atomic E-state index is -0.691. The molecule has 0 spiro atoms. The van der Waals surface area contributed by atoms with Crippen molar-refractivity contribution in [3.63, 3.8) is 0 Å². The molecule has 2 aromatic rings. The van der Waals surface area contributed by atoms with Crippen LogP contribution in [-0.4, -0.2) is 32.2 Å². The van der Waals surface area contributed by atoms with E-state index in [2.05, 4.69) is 22.8 Å². The first-order valence-corrected chi connectivity index (χ1v) is 9.60. The highest BCUT2D eigenvalue weighted by Crippen LogP contribution is 2.27. The Kier molecular flexibility index (Phi) is 5.31. The molecular weight excluding hydrogens is 373 g/mol. The molecular formula is C22H23FN3O3+. The average Bonchev–Trinajstić information content (AvgIpc) is 2.73. The van der Waals surface area contributed by atoms with Crippen LogP contribution in [0.25, 0.3) is 0 Å². The van der Waals surface area contributed by atoms with Crippen LogP contribution in [0.15, 0.2) is 59.8 Å². The van der Waals surface area contributed by atoms with Gasteiger partial charge in [-0.1, -0.05) is 36.4 Å². The Bertz CT molecular complexity index is 972. The van der Waals surface area contributed by atoms with Crippen molar-refractivity contribution < 1.29 is 23.6 Å². The second-order valence-corrected chi connectivity index (χ2v) is 7.34. The fourth-order valence-corrected chi connectivity index (χ4v) is 4.06. The van der Waals surface area contributed by atoms with Gasteiger partial charge in [0.05, 0.1) is 31.0 Å². The molecule has 2 aliphatic heterocycles. The molecule has 4 rings (SSSR count). The number of quaternary nitrogens is 1. The zero-order valence-corrected chi connectivity index (χ0v) is 16.1. The Hall–Kier alpha value is -3.19. The lowest BCUT2D eigenvalue weighted by Gasteiger charge is -2.32. The molecule has 0 radical (unpaired) electrons. The predicted molar refractivity (Wildman–Crippen MR) is 104 cm³/mol. The van der Waals surface area contributed by atoms with Crippen LogP contribution in [0.4, 0.5) is 9.18 Å². The van der Waals surface area contributed by atoms with E-state index >= 15 is 0 Å². The third-order valence-electron chi connectivity index (χ3n) is 5.50. The van der Waals surface area contributed by atoms with Crippen LogP contribution in [0, 0.1) is 5.82 Å². The van der Waals surface area contributed by atoms with Crippen LogP contribution in [0.5, 0.6) is 0 Å². The van der Waals surface area contributed by atoms with E-state index < -0.39 is 18.0 Å². The summed E-state index contributed by atoms with van der Waals surface area (Å²) in [5.41, 5.74) is 4.15. The van der Waals surface area contributed by atoms with Gasteiger partial charge >= 0.3 is 12.0 Å². The van der Waals surface area contributed by atoms with Crippen molar-refractivity contribution in [2.45, 2.75) is 19.0 Å². The summed E-state index contributed by atoms with van der Waals surface area (Å²) in [6.07, 6.45) is 0.944. The van der Waals surface area contributed by atoms with Gasteiger partial charge in [-0.05, 0) is 23.3 Å². The number of halogens is 1. The molecule has 2 aromatic carbocycles. The standard InChI is InChI=1S/C22H22FN3O3/c1-29-21(27)19-18(13-26-11-10-14-4-2-3-5-16(14)12-26)24-22(28)25-20(19)15-6-8-17(23)9-7-15/h2-9,20H,10-13H2,1H3,(H2,24,25,28)/p+1/t20-/m1/s1. The monoisotopic (exact) mass is 396 g/mol. The van der Waals surface area contributed by atoms with Crippen molar-refractivity contribution >= 4 is 12.0 Å². The van der Waals surface area contributed by atoms with Crippen molar-refractivity contribution in [1.29, 1.82) is 0 Å². The molecule has 2 amide bonds. The largest absolute Gasteiger partial charge is 0.466 e. The van der Waals surface area contributed by atoms with Crippen molar-refractivity contribution in [2.75, 3.05) is 20.2 Å². The Labute approximate surface area is 168 Å². The van der Waals surface area contributed by atoms with Crippen molar-refractivity contribution in [2.24, 2.45) is 0 Å². The number of fused-ring (bicyclic) bond motifs is 1. The Morgan fingerprint density at radius 3 is 2.62 bits per heavy atom. The highest BCUT2D eigenvalue weighted by molar-refractivity contribution is 5.95. The van der Waals surface area contributed by atoms with Crippen molar-refractivity contribution in [1.82, 2.24) is 10.6 Å². The third kappa shape index (κ3) is 4.00. The Balaban J connectivity index is 1.66. The van der Waals surface area contributed by atoms with Gasteiger partial charge in [-0.25, -0.2) is 14.0 Å². The normalized spacial score (nSPS) is 21.1. The van der Waals surface area contributed by atoms with Crippen LogP contribution in [0.3, 0.4) is 0 Å². The van der Waals surface area contributed by atoms with Gasteiger partial charge in [0.1, 0.15) is 18.9 Å². The van der Waals surface area contributed by atoms with E-state index in [0.717, 1.165) is 19.5 Å². The Morgan fingerprint density at radius 1 is 1.17 bits per heavy atom. The van der Waals surface area contributed by atoms with E-state index in [1.165, 1.54) is 35.3 Å². The highest BCUT2D eigenvalue weighted by atomic mass is 19.1. The number of carbonyl (C=O) groups is 2. The zero-order chi connectivity index (χ0) is 20.4. The molecule has 29 heavy (non-hydrogen) atoms. The van der Waals surface area contributed by atoms with Crippen molar-refractivity contribution in [3.05, 3.63) is 82.3 Å². The van der Waals surface area contributed by atoms with Gasteiger partial charge in [0.2, 0.25) is 0 Å². The van der Waals surface area contributed by atoms with E-state index in [1.54, 1.807) is 12.1 Å². The molecule has 7 heteroatoms. The summed E-state index contributed by atoms with van der Waals surface area (Å²) < 4.78 is 18.4. The van der Waals surface area contributed by atoms with Crippen LogP contribution >= 0.6 is 0 Å². The minimum absolute atomic E-state index is 0.352. The number of methoxy groups -OCH3 is 1. The maximum atomic E-state index is 13.4.